The number of aryl methyl sites for hydroxylation is 1. The van der Waals surface area contributed by atoms with Crippen molar-refractivity contribution in [3.05, 3.63) is 41.5 Å². The molecule has 2 aromatic rings. The van der Waals surface area contributed by atoms with Crippen LogP contribution in [0.2, 0.25) is 0 Å². The van der Waals surface area contributed by atoms with E-state index in [2.05, 4.69) is 15.2 Å². The lowest BCUT2D eigenvalue weighted by molar-refractivity contribution is -0.145. The van der Waals surface area contributed by atoms with Crippen LogP contribution in [0, 0.1) is 12.8 Å². The van der Waals surface area contributed by atoms with Gasteiger partial charge in [-0.2, -0.15) is 5.10 Å². The van der Waals surface area contributed by atoms with Crippen LogP contribution in [-0.4, -0.2) is 52.3 Å². The standard InChI is InChI=1S/C17H20N4O3/c1-11-18-16(20-19-11)15-9-21(6-7-23-15)17(22)13-8-12-4-2-3-5-14(12)24-10-13/h2-5,13,15H,6-10H2,1H3,(H,18,19,20)/t13-,15-/m0/s1. The molecule has 1 saturated heterocycles. The van der Waals surface area contributed by atoms with Crippen molar-refractivity contribution in [2.24, 2.45) is 5.92 Å². The number of ether oxygens (including phenoxy) is 2. The monoisotopic (exact) mass is 328 g/mol. The SMILES string of the molecule is Cc1nc([C@@H]2CN(C(=O)[C@@H]3COc4ccccc4C3)CCO2)n[nH]1. The summed E-state index contributed by atoms with van der Waals surface area (Å²) in [6, 6.07) is 7.90. The lowest BCUT2D eigenvalue weighted by Crippen LogP contribution is -2.47. The van der Waals surface area contributed by atoms with E-state index in [-0.39, 0.29) is 17.9 Å². The second-order valence-electron chi connectivity index (χ2n) is 6.24. The zero-order valence-corrected chi connectivity index (χ0v) is 13.6. The Bertz CT molecular complexity index is 745. The number of aromatic amines is 1. The van der Waals surface area contributed by atoms with Crippen LogP contribution in [0.4, 0.5) is 0 Å². The third-order valence-electron chi connectivity index (χ3n) is 4.51. The Labute approximate surface area is 140 Å². The van der Waals surface area contributed by atoms with Gasteiger partial charge in [0.05, 0.1) is 19.1 Å². The van der Waals surface area contributed by atoms with Gasteiger partial charge in [0, 0.05) is 6.54 Å². The number of benzene rings is 1. The summed E-state index contributed by atoms with van der Waals surface area (Å²) < 4.78 is 11.5. The average molecular weight is 328 g/mol. The third kappa shape index (κ3) is 2.87. The summed E-state index contributed by atoms with van der Waals surface area (Å²) in [6.07, 6.45) is 0.445. The molecular formula is C17H20N4O3. The molecule has 2 aliphatic rings. The van der Waals surface area contributed by atoms with Crippen molar-refractivity contribution in [2.45, 2.75) is 19.4 Å². The number of nitrogens with one attached hydrogen (secondary N) is 1. The van der Waals surface area contributed by atoms with Crippen LogP contribution < -0.4 is 4.74 Å². The Hall–Kier alpha value is -2.41. The van der Waals surface area contributed by atoms with Crippen LogP contribution in [0.3, 0.4) is 0 Å². The van der Waals surface area contributed by atoms with Crippen LogP contribution in [0.15, 0.2) is 24.3 Å². The zero-order valence-electron chi connectivity index (χ0n) is 13.6. The van der Waals surface area contributed by atoms with E-state index >= 15 is 0 Å². The quantitative estimate of drug-likeness (QED) is 0.898. The minimum atomic E-state index is -0.274. The molecule has 7 nitrogen and oxygen atoms in total. The summed E-state index contributed by atoms with van der Waals surface area (Å²) in [4.78, 5) is 19.1. The van der Waals surface area contributed by atoms with Crippen molar-refractivity contribution in [3.63, 3.8) is 0 Å². The molecule has 24 heavy (non-hydrogen) atoms. The average Bonchev–Trinajstić information content (AvgIpc) is 3.07. The van der Waals surface area contributed by atoms with Gasteiger partial charge in [-0.05, 0) is 25.0 Å². The minimum Gasteiger partial charge on any atom is -0.492 e. The number of H-pyrrole nitrogens is 1. The lowest BCUT2D eigenvalue weighted by Gasteiger charge is -2.35. The van der Waals surface area contributed by atoms with Crippen LogP contribution >= 0.6 is 0 Å². The molecule has 7 heteroatoms. The Kier molecular flexibility index (Phi) is 3.93. The first-order chi connectivity index (χ1) is 11.7. The summed E-state index contributed by atoms with van der Waals surface area (Å²) in [5.74, 6) is 2.21. The van der Waals surface area contributed by atoms with E-state index < -0.39 is 0 Å². The molecule has 1 fully saturated rings. The van der Waals surface area contributed by atoms with Gasteiger partial charge in [-0.25, -0.2) is 4.98 Å². The Morgan fingerprint density at radius 2 is 2.25 bits per heavy atom. The number of hydrogen-bond acceptors (Lipinski definition) is 5. The number of rotatable bonds is 2. The Morgan fingerprint density at radius 3 is 3.08 bits per heavy atom. The molecule has 4 rings (SSSR count). The van der Waals surface area contributed by atoms with Crippen molar-refractivity contribution in [1.82, 2.24) is 20.1 Å². The Morgan fingerprint density at radius 1 is 1.38 bits per heavy atom. The van der Waals surface area contributed by atoms with Crippen molar-refractivity contribution < 1.29 is 14.3 Å². The number of nitrogens with zero attached hydrogens (tertiary/aromatic N) is 3. The summed E-state index contributed by atoms with van der Waals surface area (Å²) in [7, 11) is 0. The van der Waals surface area contributed by atoms with Gasteiger partial charge < -0.3 is 14.4 Å². The highest BCUT2D eigenvalue weighted by Gasteiger charge is 2.33. The van der Waals surface area contributed by atoms with Gasteiger partial charge in [-0.1, -0.05) is 18.2 Å². The Balaban J connectivity index is 1.45. The second-order valence-corrected chi connectivity index (χ2v) is 6.24. The number of amides is 1. The molecule has 2 atom stereocenters. The van der Waals surface area contributed by atoms with Gasteiger partial charge in [0.1, 0.15) is 24.3 Å². The molecule has 0 spiro atoms. The molecule has 1 aromatic heterocycles. The first kappa shape index (κ1) is 15.1. The molecule has 3 heterocycles. The molecule has 1 amide bonds. The first-order valence-electron chi connectivity index (χ1n) is 8.20. The summed E-state index contributed by atoms with van der Waals surface area (Å²) in [6.45, 7) is 3.84. The van der Waals surface area contributed by atoms with Gasteiger partial charge in [0.2, 0.25) is 5.91 Å². The van der Waals surface area contributed by atoms with Crippen LogP contribution in [-0.2, 0) is 16.0 Å². The maximum atomic E-state index is 12.9. The maximum absolute atomic E-state index is 12.9. The number of carbonyl (C=O) groups is 1. The molecule has 126 valence electrons. The lowest BCUT2D eigenvalue weighted by atomic mass is 9.95. The van der Waals surface area contributed by atoms with Gasteiger partial charge >= 0.3 is 0 Å². The van der Waals surface area contributed by atoms with E-state index in [1.807, 2.05) is 36.1 Å². The first-order valence-corrected chi connectivity index (χ1v) is 8.20. The summed E-state index contributed by atoms with van der Waals surface area (Å²) >= 11 is 0. The fourth-order valence-corrected chi connectivity index (χ4v) is 3.25. The van der Waals surface area contributed by atoms with E-state index in [4.69, 9.17) is 9.47 Å². The third-order valence-corrected chi connectivity index (χ3v) is 4.51. The van der Waals surface area contributed by atoms with Crippen molar-refractivity contribution >= 4 is 5.91 Å². The van der Waals surface area contributed by atoms with E-state index in [1.54, 1.807) is 0 Å². The predicted octanol–water partition coefficient (Wildman–Crippen LogP) is 1.26. The van der Waals surface area contributed by atoms with Crippen molar-refractivity contribution in [3.8, 4) is 5.75 Å². The van der Waals surface area contributed by atoms with Gasteiger partial charge in [-0.15, -0.1) is 0 Å². The predicted molar refractivity (Wildman–Crippen MR) is 85.5 cm³/mol. The maximum Gasteiger partial charge on any atom is 0.229 e. The molecule has 0 aliphatic carbocycles. The van der Waals surface area contributed by atoms with Gasteiger partial charge in [-0.3, -0.25) is 9.89 Å². The summed E-state index contributed by atoms with van der Waals surface area (Å²) in [5, 5.41) is 6.97. The number of carbonyl (C=O) groups excluding carboxylic acids is 1. The highest BCUT2D eigenvalue weighted by molar-refractivity contribution is 5.80. The number of para-hydroxylation sites is 1. The molecule has 0 bridgehead atoms. The fraction of sp³-hybridized carbons (Fsp3) is 0.471. The fourth-order valence-electron chi connectivity index (χ4n) is 3.25. The molecule has 0 unspecified atom stereocenters. The molecule has 0 saturated carbocycles. The van der Waals surface area contributed by atoms with E-state index in [0.29, 0.717) is 32.1 Å². The van der Waals surface area contributed by atoms with Crippen molar-refractivity contribution in [2.75, 3.05) is 26.3 Å². The molecular weight excluding hydrogens is 308 g/mol. The molecule has 0 radical (unpaired) electrons. The van der Waals surface area contributed by atoms with E-state index in [0.717, 1.165) is 23.6 Å². The largest absolute Gasteiger partial charge is 0.492 e. The minimum absolute atomic E-state index is 0.116. The number of morpholine rings is 1. The van der Waals surface area contributed by atoms with Crippen LogP contribution in [0.1, 0.15) is 23.3 Å². The highest BCUT2D eigenvalue weighted by Crippen LogP contribution is 2.29. The smallest absolute Gasteiger partial charge is 0.229 e. The molecule has 2 aliphatic heterocycles. The summed E-state index contributed by atoms with van der Waals surface area (Å²) in [5.41, 5.74) is 1.09. The normalized spacial score (nSPS) is 23.5. The van der Waals surface area contributed by atoms with Gasteiger partial charge in [0.15, 0.2) is 5.82 Å². The van der Waals surface area contributed by atoms with E-state index in [9.17, 15) is 4.79 Å². The molecule has 1 aromatic carbocycles. The number of fused-ring (bicyclic) bond motifs is 1. The number of aromatic nitrogens is 3. The van der Waals surface area contributed by atoms with Gasteiger partial charge in [0.25, 0.3) is 0 Å². The molecule has 1 N–H and O–H groups in total. The van der Waals surface area contributed by atoms with Crippen LogP contribution in [0.25, 0.3) is 0 Å². The highest BCUT2D eigenvalue weighted by atomic mass is 16.5. The zero-order chi connectivity index (χ0) is 16.5. The number of hydrogen-bond donors (Lipinski definition) is 1. The van der Waals surface area contributed by atoms with Crippen molar-refractivity contribution in [1.29, 1.82) is 0 Å². The van der Waals surface area contributed by atoms with Crippen LogP contribution in [0.5, 0.6) is 5.75 Å². The topological polar surface area (TPSA) is 80.3 Å². The van der Waals surface area contributed by atoms with E-state index in [1.165, 1.54) is 0 Å². The second kappa shape index (κ2) is 6.24.